The molecular weight excluding hydrogens is 174 g/mol. The van der Waals surface area contributed by atoms with E-state index in [2.05, 4.69) is 35.2 Å². The van der Waals surface area contributed by atoms with Gasteiger partial charge >= 0.3 is 0 Å². The number of rotatable bonds is 4. The zero-order chi connectivity index (χ0) is 9.97. The van der Waals surface area contributed by atoms with Gasteiger partial charge in [-0.05, 0) is 39.0 Å². The normalized spacial score (nSPS) is 15.9. The van der Waals surface area contributed by atoms with Crippen molar-refractivity contribution in [2.45, 2.75) is 39.2 Å². The summed E-state index contributed by atoms with van der Waals surface area (Å²) < 4.78 is 0. The Morgan fingerprint density at radius 1 is 1.43 bits per heavy atom. The van der Waals surface area contributed by atoms with Gasteiger partial charge in [-0.25, -0.2) is 9.97 Å². The van der Waals surface area contributed by atoms with Crippen LogP contribution in [-0.2, 0) is 6.42 Å². The maximum absolute atomic E-state index is 4.28. The molecule has 0 radical (unpaired) electrons. The van der Waals surface area contributed by atoms with Crippen LogP contribution in [0.5, 0.6) is 0 Å². The first-order chi connectivity index (χ1) is 6.74. The number of hydrogen-bond acceptors (Lipinski definition) is 3. The van der Waals surface area contributed by atoms with E-state index in [1.807, 2.05) is 0 Å². The molecule has 0 unspecified atom stereocenters. The number of nitrogens with one attached hydrogen (secondary N) is 1. The van der Waals surface area contributed by atoms with Crippen molar-refractivity contribution in [3.8, 4) is 0 Å². The quantitative estimate of drug-likeness (QED) is 0.793. The predicted molar refractivity (Wildman–Crippen MR) is 57.2 cm³/mol. The molecule has 14 heavy (non-hydrogen) atoms. The van der Waals surface area contributed by atoms with Crippen LogP contribution in [0.4, 0.5) is 5.82 Å². The first-order valence-corrected chi connectivity index (χ1v) is 5.31. The SMILES string of the molecule is CC(C)Nc1cc(CC2CC2)ncn1. The fourth-order valence-electron chi connectivity index (χ4n) is 1.50. The summed E-state index contributed by atoms with van der Waals surface area (Å²) in [5.74, 6) is 1.84. The molecule has 0 aromatic carbocycles. The van der Waals surface area contributed by atoms with Crippen LogP contribution >= 0.6 is 0 Å². The lowest BCUT2D eigenvalue weighted by molar-refractivity contribution is 0.796. The average Bonchev–Trinajstić information content (AvgIpc) is 2.87. The van der Waals surface area contributed by atoms with E-state index in [0.29, 0.717) is 6.04 Å². The Morgan fingerprint density at radius 3 is 2.86 bits per heavy atom. The molecule has 76 valence electrons. The van der Waals surface area contributed by atoms with Gasteiger partial charge in [-0.3, -0.25) is 0 Å². The van der Waals surface area contributed by atoms with Gasteiger partial charge in [-0.2, -0.15) is 0 Å². The molecule has 0 bridgehead atoms. The van der Waals surface area contributed by atoms with Crippen LogP contribution < -0.4 is 5.32 Å². The molecule has 1 aromatic heterocycles. The highest BCUT2D eigenvalue weighted by molar-refractivity contribution is 5.35. The van der Waals surface area contributed by atoms with Crippen LogP contribution in [0.15, 0.2) is 12.4 Å². The van der Waals surface area contributed by atoms with Gasteiger partial charge in [0.15, 0.2) is 0 Å². The minimum atomic E-state index is 0.429. The van der Waals surface area contributed by atoms with E-state index in [4.69, 9.17) is 0 Å². The standard InChI is InChI=1S/C11H17N3/c1-8(2)14-11-6-10(12-7-13-11)5-9-3-4-9/h6-9H,3-5H2,1-2H3,(H,12,13,14). The predicted octanol–water partition coefficient (Wildman–Crippen LogP) is 2.25. The average molecular weight is 191 g/mol. The van der Waals surface area contributed by atoms with Crippen molar-refractivity contribution in [2.24, 2.45) is 5.92 Å². The van der Waals surface area contributed by atoms with E-state index in [1.165, 1.54) is 18.5 Å². The lowest BCUT2D eigenvalue weighted by atomic mass is 10.2. The third-order valence-corrected chi connectivity index (χ3v) is 2.36. The van der Waals surface area contributed by atoms with Crippen molar-refractivity contribution in [1.82, 2.24) is 9.97 Å². The Hall–Kier alpha value is -1.12. The summed E-state index contributed by atoms with van der Waals surface area (Å²) in [6.45, 7) is 4.23. The molecule has 0 atom stereocenters. The van der Waals surface area contributed by atoms with Gasteiger partial charge in [0, 0.05) is 17.8 Å². The molecule has 1 heterocycles. The Labute approximate surface area is 85.0 Å². The van der Waals surface area contributed by atoms with Crippen LogP contribution in [0, 0.1) is 5.92 Å². The number of aromatic nitrogens is 2. The van der Waals surface area contributed by atoms with Crippen molar-refractivity contribution in [2.75, 3.05) is 5.32 Å². The molecule has 1 fully saturated rings. The Morgan fingerprint density at radius 2 is 2.21 bits per heavy atom. The van der Waals surface area contributed by atoms with Gasteiger partial charge in [0.1, 0.15) is 12.1 Å². The Kier molecular flexibility index (Phi) is 2.66. The highest BCUT2D eigenvalue weighted by Crippen LogP contribution is 2.32. The number of hydrogen-bond donors (Lipinski definition) is 1. The summed E-state index contributed by atoms with van der Waals surface area (Å²) in [5.41, 5.74) is 1.17. The van der Waals surface area contributed by atoms with E-state index < -0.39 is 0 Å². The van der Waals surface area contributed by atoms with Crippen molar-refractivity contribution >= 4 is 5.82 Å². The molecule has 1 saturated carbocycles. The minimum absolute atomic E-state index is 0.429. The smallest absolute Gasteiger partial charge is 0.129 e. The van der Waals surface area contributed by atoms with E-state index in [0.717, 1.165) is 18.2 Å². The van der Waals surface area contributed by atoms with Crippen LogP contribution in [0.1, 0.15) is 32.4 Å². The van der Waals surface area contributed by atoms with Crippen molar-refractivity contribution < 1.29 is 0 Å². The third kappa shape index (κ3) is 2.69. The molecule has 3 nitrogen and oxygen atoms in total. The molecule has 1 N–H and O–H groups in total. The Balaban J connectivity index is 2.01. The maximum Gasteiger partial charge on any atom is 0.129 e. The molecular formula is C11H17N3. The molecule has 0 spiro atoms. The fourth-order valence-corrected chi connectivity index (χ4v) is 1.50. The topological polar surface area (TPSA) is 37.8 Å². The van der Waals surface area contributed by atoms with Crippen molar-refractivity contribution in [3.05, 3.63) is 18.1 Å². The van der Waals surface area contributed by atoms with Gasteiger partial charge in [0.05, 0.1) is 0 Å². The lowest BCUT2D eigenvalue weighted by Crippen LogP contribution is -2.11. The van der Waals surface area contributed by atoms with E-state index >= 15 is 0 Å². The number of anilines is 1. The summed E-state index contributed by atoms with van der Waals surface area (Å²) in [6.07, 6.45) is 5.52. The second-order valence-electron chi connectivity index (χ2n) is 4.34. The van der Waals surface area contributed by atoms with Crippen LogP contribution in [0.2, 0.25) is 0 Å². The molecule has 0 saturated heterocycles. The van der Waals surface area contributed by atoms with E-state index in [9.17, 15) is 0 Å². The summed E-state index contributed by atoms with van der Waals surface area (Å²) >= 11 is 0. The third-order valence-electron chi connectivity index (χ3n) is 2.36. The molecule has 2 rings (SSSR count). The fraction of sp³-hybridized carbons (Fsp3) is 0.636. The molecule has 3 heteroatoms. The van der Waals surface area contributed by atoms with Crippen molar-refractivity contribution in [1.29, 1.82) is 0 Å². The molecule has 1 aliphatic carbocycles. The zero-order valence-electron chi connectivity index (χ0n) is 8.83. The summed E-state index contributed by atoms with van der Waals surface area (Å²) in [6, 6.07) is 2.50. The molecule has 0 aliphatic heterocycles. The van der Waals surface area contributed by atoms with Crippen LogP contribution in [0.25, 0.3) is 0 Å². The molecule has 1 aromatic rings. The van der Waals surface area contributed by atoms with E-state index in [1.54, 1.807) is 6.33 Å². The van der Waals surface area contributed by atoms with Crippen molar-refractivity contribution in [3.63, 3.8) is 0 Å². The Bertz CT molecular complexity index is 286. The minimum Gasteiger partial charge on any atom is -0.368 e. The van der Waals surface area contributed by atoms with Gasteiger partial charge in [-0.15, -0.1) is 0 Å². The van der Waals surface area contributed by atoms with Gasteiger partial charge in [0.25, 0.3) is 0 Å². The first kappa shape index (κ1) is 9.44. The lowest BCUT2D eigenvalue weighted by Gasteiger charge is -2.09. The highest BCUT2D eigenvalue weighted by Gasteiger charge is 2.22. The summed E-state index contributed by atoms with van der Waals surface area (Å²) in [4.78, 5) is 8.46. The second-order valence-corrected chi connectivity index (χ2v) is 4.34. The van der Waals surface area contributed by atoms with Gasteiger partial charge in [0.2, 0.25) is 0 Å². The largest absolute Gasteiger partial charge is 0.368 e. The second kappa shape index (κ2) is 3.95. The van der Waals surface area contributed by atoms with Gasteiger partial charge < -0.3 is 5.32 Å². The van der Waals surface area contributed by atoms with Crippen LogP contribution in [-0.4, -0.2) is 16.0 Å². The van der Waals surface area contributed by atoms with Gasteiger partial charge in [-0.1, -0.05) is 0 Å². The monoisotopic (exact) mass is 191 g/mol. The summed E-state index contributed by atoms with van der Waals surface area (Å²) in [7, 11) is 0. The summed E-state index contributed by atoms with van der Waals surface area (Å²) in [5, 5.41) is 3.29. The maximum atomic E-state index is 4.28. The zero-order valence-corrected chi connectivity index (χ0v) is 8.83. The molecule has 0 amide bonds. The molecule has 1 aliphatic rings. The number of nitrogens with zero attached hydrogens (tertiary/aromatic N) is 2. The first-order valence-electron chi connectivity index (χ1n) is 5.31. The highest BCUT2D eigenvalue weighted by atomic mass is 15.0. The van der Waals surface area contributed by atoms with E-state index in [-0.39, 0.29) is 0 Å². The van der Waals surface area contributed by atoms with Crippen LogP contribution in [0.3, 0.4) is 0 Å².